The van der Waals surface area contributed by atoms with E-state index in [0.29, 0.717) is 16.9 Å². The topological polar surface area (TPSA) is 86.8 Å². The third-order valence-electron chi connectivity index (χ3n) is 4.80. The molecular formula is C23H23N3O4. The summed E-state index contributed by atoms with van der Waals surface area (Å²) in [6.07, 6.45) is 1.44. The van der Waals surface area contributed by atoms with E-state index in [4.69, 9.17) is 0 Å². The van der Waals surface area contributed by atoms with E-state index in [9.17, 15) is 19.2 Å². The maximum Gasteiger partial charge on any atom is 0.257 e. The molecule has 2 aromatic rings. The largest absolute Gasteiger partial charge is 0.326 e. The first-order valence-electron chi connectivity index (χ1n) is 9.55. The fraction of sp³-hybridized carbons (Fsp3) is 0.217. The molecule has 1 unspecified atom stereocenters. The van der Waals surface area contributed by atoms with Crippen LogP contribution in [0.1, 0.15) is 29.3 Å². The number of hydrogen-bond donors (Lipinski definition) is 1. The van der Waals surface area contributed by atoms with Crippen LogP contribution in [0.25, 0.3) is 0 Å². The minimum absolute atomic E-state index is 0.0995. The van der Waals surface area contributed by atoms with Crippen LogP contribution in [0.4, 0.5) is 11.4 Å². The molecule has 0 radical (unpaired) electrons. The molecule has 0 bridgehead atoms. The Morgan fingerprint density at radius 3 is 2.50 bits per heavy atom. The van der Waals surface area contributed by atoms with Gasteiger partial charge in [0.25, 0.3) is 11.8 Å². The summed E-state index contributed by atoms with van der Waals surface area (Å²) < 4.78 is 0. The van der Waals surface area contributed by atoms with Crippen LogP contribution in [-0.4, -0.2) is 41.1 Å². The van der Waals surface area contributed by atoms with E-state index < -0.39 is 11.9 Å². The first-order valence-corrected chi connectivity index (χ1v) is 9.55. The van der Waals surface area contributed by atoms with Crippen LogP contribution in [-0.2, 0) is 14.4 Å². The second-order valence-electron chi connectivity index (χ2n) is 7.13. The Labute approximate surface area is 175 Å². The Morgan fingerprint density at radius 2 is 1.90 bits per heavy atom. The normalized spacial score (nSPS) is 15.8. The summed E-state index contributed by atoms with van der Waals surface area (Å²) in [7, 11) is 0. The van der Waals surface area contributed by atoms with Gasteiger partial charge in [-0.05, 0) is 43.3 Å². The molecule has 1 atom stereocenters. The van der Waals surface area contributed by atoms with E-state index in [0.717, 1.165) is 10.5 Å². The second kappa shape index (κ2) is 8.73. The van der Waals surface area contributed by atoms with Crippen LogP contribution >= 0.6 is 0 Å². The Morgan fingerprint density at radius 1 is 1.20 bits per heavy atom. The number of nitrogens with one attached hydrogen (secondary N) is 1. The van der Waals surface area contributed by atoms with Crippen molar-refractivity contribution in [3.63, 3.8) is 0 Å². The molecule has 1 N–H and O–H groups in total. The minimum Gasteiger partial charge on any atom is -0.326 e. The molecule has 154 valence electrons. The zero-order valence-electron chi connectivity index (χ0n) is 16.9. The lowest BCUT2D eigenvalue weighted by Crippen LogP contribution is -2.45. The van der Waals surface area contributed by atoms with Crippen molar-refractivity contribution in [2.45, 2.75) is 26.3 Å². The molecule has 1 heterocycles. The molecular weight excluding hydrogens is 382 g/mol. The molecule has 30 heavy (non-hydrogen) atoms. The van der Waals surface area contributed by atoms with Crippen LogP contribution in [0.3, 0.4) is 0 Å². The lowest BCUT2D eigenvalue weighted by Gasteiger charge is -2.26. The lowest BCUT2D eigenvalue weighted by atomic mass is 10.1. The molecule has 3 rings (SSSR count). The summed E-state index contributed by atoms with van der Waals surface area (Å²) in [5, 5.41) is 2.64. The minimum atomic E-state index is -0.904. The van der Waals surface area contributed by atoms with Crippen LogP contribution < -0.4 is 10.2 Å². The maximum atomic E-state index is 13.1. The van der Waals surface area contributed by atoms with Crippen molar-refractivity contribution in [3.8, 4) is 0 Å². The van der Waals surface area contributed by atoms with Crippen LogP contribution in [0, 0.1) is 6.92 Å². The van der Waals surface area contributed by atoms with E-state index >= 15 is 0 Å². The van der Waals surface area contributed by atoms with Crippen LogP contribution in [0.2, 0.25) is 0 Å². The van der Waals surface area contributed by atoms with Crippen LogP contribution in [0.15, 0.2) is 61.2 Å². The fourth-order valence-corrected chi connectivity index (χ4v) is 3.46. The zero-order valence-corrected chi connectivity index (χ0v) is 16.9. The highest BCUT2D eigenvalue weighted by Gasteiger charge is 2.44. The van der Waals surface area contributed by atoms with Gasteiger partial charge < -0.3 is 10.2 Å². The highest BCUT2D eigenvalue weighted by atomic mass is 16.2. The van der Waals surface area contributed by atoms with Gasteiger partial charge in [0.2, 0.25) is 11.8 Å². The number of hydrogen-bond acceptors (Lipinski definition) is 4. The maximum absolute atomic E-state index is 13.1. The van der Waals surface area contributed by atoms with Gasteiger partial charge in [-0.2, -0.15) is 0 Å². The molecule has 4 amide bonds. The van der Waals surface area contributed by atoms with Crippen molar-refractivity contribution in [2.24, 2.45) is 0 Å². The fourth-order valence-electron chi connectivity index (χ4n) is 3.46. The summed E-state index contributed by atoms with van der Waals surface area (Å²) in [5.41, 5.74) is 2.33. The molecule has 0 aromatic heterocycles. The highest BCUT2D eigenvalue weighted by Crippen LogP contribution is 2.28. The number of rotatable bonds is 6. The summed E-state index contributed by atoms with van der Waals surface area (Å²) in [4.78, 5) is 52.5. The quantitative estimate of drug-likeness (QED) is 0.591. The summed E-state index contributed by atoms with van der Waals surface area (Å²) in [6, 6.07) is 12.6. The predicted octanol–water partition coefficient (Wildman–Crippen LogP) is 2.91. The van der Waals surface area contributed by atoms with E-state index in [1.165, 1.54) is 17.9 Å². The van der Waals surface area contributed by atoms with Crippen LogP contribution in [0.5, 0.6) is 0 Å². The van der Waals surface area contributed by atoms with E-state index in [1.54, 1.807) is 42.5 Å². The number of benzene rings is 2. The van der Waals surface area contributed by atoms with Crippen molar-refractivity contribution in [1.29, 1.82) is 0 Å². The Bertz CT molecular complexity index is 1010. The number of aryl methyl sites for hydroxylation is 1. The molecule has 0 aliphatic carbocycles. The second-order valence-corrected chi connectivity index (χ2v) is 7.13. The van der Waals surface area contributed by atoms with Gasteiger partial charge in [0.1, 0.15) is 6.04 Å². The molecule has 2 aromatic carbocycles. The van der Waals surface area contributed by atoms with Gasteiger partial charge in [-0.15, -0.1) is 6.58 Å². The number of carbonyl (C=O) groups is 4. The third-order valence-corrected chi connectivity index (χ3v) is 4.80. The number of anilines is 2. The Hall–Kier alpha value is -3.74. The van der Waals surface area contributed by atoms with Gasteiger partial charge in [0.15, 0.2) is 0 Å². The summed E-state index contributed by atoms with van der Waals surface area (Å²) in [5.74, 6) is -1.39. The summed E-state index contributed by atoms with van der Waals surface area (Å²) in [6.45, 7) is 7.10. The van der Waals surface area contributed by atoms with E-state index in [-0.39, 0.29) is 30.7 Å². The standard InChI is InChI=1S/C23H23N3O4/c1-4-12-25(22(29)17-7-5-6-15(2)13-17)20-14-21(28)26(23(20)30)19-10-8-18(9-11-19)24-16(3)27/h4-11,13,20H,1,12,14H2,2-3H3,(H,24,27). The predicted molar refractivity (Wildman–Crippen MR) is 114 cm³/mol. The van der Waals surface area contributed by atoms with Crippen molar-refractivity contribution < 1.29 is 19.2 Å². The number of amides is 4. The average molecular weight is 405 g/mol. The lowest BCUT2D eigenvalue weighted by molar-refractivity contribution is -0.122. The van der Waals surface area contributed by atoms with E-state index in [1.807, 2.05) is 13.0 Å². The van der Waals surface area contributed by atoms with E-state index in [2.05, 4.69) is 11.9 Å². The first kappa shape index (κ1) is 21.0. The molecule has 1 aliphatic rings. The molecule has 1 aliphatic heterocycles. The molecule has 0 spiro atoms. The molecule has 7 nitrogen and oxygen atoms in total. The van der Waals surface area contributed by atoms with Gasteiger partial charge in [-0.3, -0.25) is 19.2 Å². The molecule has 0 saturated carbocycles. The van der Waals surface area contributed by atoms with Crippen molar-refractivity contribution in [2.75, 3.05) is 16.8 Å². The van der Waals surface area contributed by atoms with Gasteiger partial charge in [-0.25, -0.2) is 4.90 Å². The van der Waals surface area contributed by atoms with Gasteiger partial charge in [0.05, 0.1) is 12.1 Å². The number of carbonyl (C=O) groups excluding carboxylic acids is 4. The SMILES string of the molecule is C=CCN(C(=O)c1cccc(C)c1)C1CC(=O)N(c2ccc(NC(C)=O)cc2)C1=O. The summed E-state index contributed by atoms with van der Waals surface area (Å²) >= 11 is 0. The Kier molecular flexibility index (Phi) is 6.11. The van der Waals surface area contributed by atoms with Gasteiger partial charge in [-0.1, -0.05) is 23.8 Å². The average Bonchev–Trinajstić information content (AvgIpc) is 3.00. The number of imide groups is 1. The molecule has 7 heteroatoms. The van der Waals surface area contributed by atoms with Gasteiger partial charge >= 0.3 is 0 Å². The Balaban J connectivity index is 1.86. The van der Waals surface area contributed by atoms with Crippen molar-refractivity contribution >= 4 is 35.0 Å². The third kappa shape index (κ3) is 4.30. The van der Waals surface area contributed by atoms with Gasteiger partial charge in [0, 0.05) is 24.7 Å². The number of nitrogens with zero attached hydrogens (tertiary/aromatic N) is 2. The first-order chi connectivity index (χ1) is 14.3. The monoisotopic (exact) mass is 405 g/mol. The van der Waals surface area contributed by atoms with Crippen molar-refractivity contribution in [1.82, 2.24) is 4.90 Å². The smallest absolute Gasteiger partial charge is 0.257 e. The molecule has 1 saturated heterocycles. The molecule has 1 fully saturated rings. The highest BCUT2D eigenvalue weighted by molar-refractivity contribution is 6.23. The van der Waals surface area contributed by atoms with Crippen molar-refractivity contribution in [3.05, 3.63) is 72.3 Å². The zero-order chi connectivity index (χ0) is 21.8.